The largest absolute Gasteiger partial charge is 0.497 e. The summed E-state index contributed by atoms with van der Waals surface area (Å²) >= 11 is 0. The van der Waals surface area contributed by atoms with Gasteiger partial charge in [0.1, 0.15) is 11.4 Å². The van der Waals surface area contributed by atoms with Gasteiger partial charge in [-0.15, -0.1) is 0 Å². The van der Waals surface area contributed by atoms with Crippen LogP contribution in [0.25, 0.3) is 0 Å². The number of nitrogens with one attached hydrogen (secondary N) is 1. The molecule has 0 saturated heterocycles. The molecule has 0 atom stereocenters. The molecule has 0 spiro atoms. The first-order valence-corrected chi connectivity index (χ1v) is 7.92. The SMILES string of the molecule is COc1ccc(C2(CNC(=O)c3cnccn3)CCCC2)cc1. The van der Waals surface area contributed by atoms with Crippen molar-refractivity contribution in [1.29, 1.82) is 0 Å². The van der Waals surface area contributed by atoms with E-state index in [1.807, 2.05) is 12.1 Å². The van der Waals surface area contributed by atoms with Crippen molar-refractivity contribution in [2.75, 3.05) is 13.7 Å². The Hall–Kier alpha value is -2.43. The van der Waals surface area contributed by atoms with E-state index in [-0.39, 0.29) is 11.3 Å². The molecular weight excluding hydrogens is 290 g/mol. The molecule has 1 heterocycles. The van der Waals surface area contributed by atoms with Gasteiger partial charge >= 0.3 is 0 Å². The van der Waals surface area contributed by atoms with Crippen molar-refractivity contribution in [2.45, 2.75) is 31.1 Å². The van der Waals surface area contributed by atoms with Gasteiger partial charge in [0.25, 0.3) is 5.91 Å². The Balaban J connectivity index is 1.74. The van der Waals surface area contributed by atoms with Gasteiger partial charge in [-0.05, 0) is 30.5 Å². The highest BCUT2D eigenvalue weighted by Crippen LogP contribution is 2.41. The van der Waals surface area contributed by atoms with Gasteiger partial charge < -0.3 is 10.1 Å². The van der Waals surface area contributed by atoms with Crippen molar-refractivity contribution in [3.63, 3.8) is 0 Å². The van der Waals surface area contributed by atoms with Crippen molar-refractivity contribution < 1.29 is 9.53 Å². The zero-order chi connectivity index (χ0) is 16.1. The van der Waals surface area contributed by atoms with E-state index in [4.69, 9.17) is 4.74 Å². The molecule has 1 aliphatic carbocycles. The standard InChI is InChI=1S/C18H21N3O2/c1-23-15-6-4-14(5-7-15)18(8-2-3-9-18)13-21-17(22)16-12-19-10-11-20-16/h4-7,10-12H,2-3,8-9,13H2,1H3,(H,21,22). The molecule has 1 aliphatic rings. The molecule has 0 bridgehead atoms. The fourth-order valence-corrected chi connectivity index (χ4v) is 3.32. The van der Waals surface area contributed by atoms with Crippen LogP contribution in [0.15, 0.2) is 42.9 Å². The van der Waals surface area contributed by atoms with Gasteiger partial charge in [0.15, 0.2) is 0 Å². The summed E-state index contributed by atoms with van der Waals surface area (Å²) in [6.07, 6.45) is 9.13. The molecule has 1 aromatic carbocycles. The van der Waals surface area contributed by atoms with Crippen molar-refractivity contribution in [2.24, 2.45) is 0 Å². The van der Waals surface area contributed by atoms with Crippen LogP contribution < -0.4 is 10.1 Å². The predicted molar refractivity (Wildman–Crippen MR) is 87.5 cm³/mol. The minimum Gasteiger partial charge on any atom is -0.497 e. The summed E-state index contributed by atoms with van der Waals surface area (Å²) in [4.78, 5) is 20.2. The zero-order valence-corrected chi connectivity index (χ0v) is 13.3. The third-order valence-corrected chi connectivity index (χ3v) is 4.65. The summed E-state index contributed by atoms with van der Waals surface area (Å²) in [5.41, 5.74) is 1.62. The lowest BCUT2D eigenvalue weighted by Crippen LogP contribution is -2.39. The quantitative estimate of drug-likeness (QED) is 0.922. The topological polar surface area (TPSA) is 64.1 Å². The number of benzene rings is 1. The Morgan fingerprint density at radius 1 is 1.22 bits per heavy atom. The van der Waals surface area contributed by atoms with Crippen LogP contribution in [0.5, 0.6) is 5.75 Å². The van der Waals surface area contributed by atoms with Crippen LogP contribution in [0.1, 0.15) is 41.7 Å². The maximum Gasteiger partial charge on any atom is 0.271 e. The Morgan fingerprint density at radius 2 is 1.96 bits per heavy atom. The smallest absolute Gasteiger partial charge is 0.271 e. The van der Waals surface area contributed by atoms with Crippen LogP contribution >= 0.6 is 0 Å². The molecule has 1 saturated carbocycles. The normalized spacial score (nSPS) is 16.0. The van der Waals surface area contributed by atoms with E-state index in [9.17, 15) is 4.79 Å². The maximum atomic E-state index is 12.2. The van der Waals surface area contributed by atoms with Crippen molar-refractivity contribution in [3.05, 3.63) is 54.1 Å². The average Bonchev–Trinajstić information content (AvgIpc) is 3.11. The molecule has 1 N–H and O–H groups in total. The lowest BCUT2D eigenvalue weighted by atomic mass is 9.78. The first kappa shape index (κ1) is 15.5. The number of carbonyl (C=O) groups excluding carboxylic acids is 1. The second kappa shape index (κ2) is 6.77. The molecule has 1 fully saturated rings. The second-order valence-electron chi connectivity index (χ2n) is 5.99. The number of hydrogen-bond donors (Lipinski definition) is 1. The van der Waals surface area contributed by atoms with E-state index in [1.165, 1.54) is 30.8 Å². The van der Waals surface area contributed by atoms with Crippen LogP contribution in [-0.2, 0) is 5.41 Å². The second-order valence-corrected chi connectivity index (χ2v) is 5.99. The fraction of sp³-hybridized carbons (Fsp3) is 0.389. The van der Waals surface area contributed by atoms with Crippen LogP contribution in [0.2, 0.25) is 0 Å². The predicted octanol–water partition coefficient (Wildman–Crippen LogP) is 2.73. The van der Waals surface area contributed by atoms with Gasteiger partial charge in [-0.1, -0.05) is 25.0 Å². The monoisotopic (exact) mass is 311 g/mol. The van der Waals surface area contributed by atoms with Crippen LogP contribution in [-0.4, -0.2) is 29.5 Å². The summed E-state index contributed by atoms with van der Waals surface area (Å²) in [5, 5.41) is 3.04. The fourth-order valence-electron chi connectivity index (χ4n) is 3.32. The van der Waals surface area contributed by atoms with Crippen LogP contribution in [0.3, 0.4) is 0 Å². The molecule has 23 heavy (non-hydrogen) atoms. The third-order valence-electron chi connectivity index (χ3n) is 4.65. The number of hydrogen-bond acceptors (Lipinski definition) is 4. The number of nitrogens with zero attached hydrogens (tertiary/aromatic N) is 2. The van der Waals surface area contributed by atoms with E-state index in [1.54, 1.807) is 13.3 Å². The summed E-state index contributed by atoms with van der Waals surface area (Å²) in [6.45, 7) is 0.620. The van der Waals surface area contributed by atoms with Crippen molar-refractivity contribution >= 4 is 5.91 Å². The number of ether oxygens (including phenoxy) is 1. The van der Waals surface area contributed by atoms with Crippen molar-refractivity contribution in [3.8, 4) is 5.75 Å². The number of amides is 1. The molecule has 1 amide bonds. The van der Waals surface area contributed by atoms with E-state index in [0.29, 0.717) is 12.2 Å². The first-order valence-electron chi connectivity index (χ1n) is 7.92. The number of carbonyl (C=O) groups is 1. The lowest BCUT2D eigenvalue weighted by Gasteiger charge is -2.30. The number of rotatable bonds is 5. The molecule has 120 valence electrons. The summed E-state index contributed by atoms with van der Waals surface area (Å²) in [6, 6.07) is 8.19. The third kappa shape index (κ3) is 3.33. The zero-order valence-electron chi connectivity index (χ0n) is 13.3. The minimum absolute atomic E-state index is 0.00411. The average molecular weight is 311 g/mol. The summed E-state index contributed by atoms with van der Waals surface area (Å²) in [7, 11) is 1.67. The van der Waals surface area contributed by atoms with Crippen LogP contribution in [0, 0.1) is 0 Å². The summed E-state index contributed by atoms with van der Waals surface area (Å²) < 4.78 is 5.24. The Bertz CT molecular complexity index is 650. The summed E-state index contributed by atoms with van der Waals surface area (Å²) in [5.74, 6) is 0.684. The van der Waals surface area contributed by atoms with Gasteiger partial charge in [-0.25, -0.2) is 4.98 Å². The molecule has 2 aromatic rings. The molecule has 0 radical (unpaired) electrons. The Kier molecular flexibility index (Phi) is 4.55. The Morgan fingerprint density at radius 3 is 2.57 bits per heavy atom. The highest BCUT2D eigenvalue weighted by atomic mass is 16.5. The molecule has 0 aliphatic heterocycles. The van der Waals surface area contributed by atoms with Crippen molar-refractivity contribution in [1.82, 2.24) is 15.3 Å². The maximum absolute atomic E-state index is 12.2. The van der Waals surface area contributed by atoms with E-state index in [0.717, 1.165) is 18.6 Å². The Labute approximate surface area is 136 Å². The molecule has 0 unspecified atom stereocenters. The van der Waals surface area contributed by atoms with Gasteiger partial charge in [0.05, 0.1) is 13.3 Å². The van der Waals surface area contributed by atoms with E-state index in [2.05, 4.69) is 27.4 Å². The van der Waals surface area contributed by atoms with Gasteiger partial charge in [-0.3, -0.25) is 9.78 Å². The van der Waals surface area contributed by atoms with E-state index < -0.39 is 0 Å². The van der Waals surface area contributed by atoms with Gasteiger partial charge in [0, 0.05) is 24.4 Å². The molecule has 5 heteroatoms. The number of methoxy groups -OCH3 is 1. The highest BCUT2D eigenvalue weighted by molar-refractivity contribution is 5.91. The van der Waals surface area contributed by atoms with Gasteiger partial charge in [-0.2, -0.15) is 0 Å². The van der Waals surface area contributed by atoms with Crippen LogP contribution in [0.4, 0.5) is 0 Å². The molecule has 1 aromatic heterocycles. The first-order chi connectivity index (χ1) is 11.2. The number of aromatic nitrogens is 2. The van der Waals surface area contributed by atoms with E-state index >= 15 is 0 Å². The molecule has 5 nitrogen and oxygen atoms in total. The lowest BCUT2D eigenvalue weighted by molar-refractivity contribution is 0.0937. The molecular formula is C18H21N3O2. The minimum atomic E-state index is -0.169. The van der Waals surface area contributed by atoms with Gasteiger partial charge in [0.2, 0.25) is 0 Å². The molecule has 3 rings (SSSR count). The highest BCUT2D eigenvalue weighted by Gasteiger charge is 2.36.